The Balaban J connectivity index is 1.94. The van der Waals surface area contributed by atoms with Crippen LogP contribution in [-0.2, 0) is 4.79 Å². The maximum Gasteiger partial charge on any atom is 0.405 e. The number of nitrogens with one attached hydrogen (secondary N) is 2. The zero-order valence-corrected chi connectivity index (χ0v) is 12.4. The molecule has 1 saturated carbocycles. The van der Waals surface area contributed by atoms with E-state index in [1.165, 1.54) is 24.3 Å². The van der Waals surface area contributed by atoms with Crippen molar-refractivity contribution >= 4 is 17.5 Å². The van der Waals surface area contributed by atoms with E-state index in [4.69, 9.17) is 5.73 Å². The first-order chi connectivity index (χ1) is 10.7. The minimum absolute atomic E-state index is 0.0792. The van der Waals surface area contributed by atoms with Gasteiger partial charge in [0.2, 0.25) is 5.91 Å². The predicted molar refractivity (Wildman–Crippen MR) is 78.8 cm³/mol. The number of rotatable bonds is 4. The van der Waals surface area contributed by atoms with Crippen LogP contribution in [0.3, 0.4) is 0 Å². The van der Waals surface area contributed by atoms with E-state index in [9.17, 15) is 22.8 Å². The molecule has 0 heterocycles. The molecule has 0 aliphatic heterocycles. The predicted octanol–water partition coefficient (Wildman–Crippen LogP) is 2.19. The van der Waals surface area contributed by atoms with Crippen molar-refractivity contribution in [1.29, 1.82) is 0 Å². The molecule has 1 fully saturated rings. The zero-order chi connectivity index (χ0) is 17.1. The molecule has 8 heteroatoms. The molecule has 2 amide bonds. The number of halogens is 3. The van der Waals surface area contributed by atoms with Crippen LogP contribution in [0.5, 0.6) is 0 Å². The van der Waals surface area contributed by atoms with Gasteiger partial charge in [-0.05, 0) is 37.1 Å². The standard InChI is InChI=1S/C15H18F3N3O2/c16-15(17,18)9-20-12(22)10-3-5-11(6-4-10)21-13(23)14(19)7-1-2-8-14/h3-6H,1-2,7-9,19H2,(H,20,22)(H,21,23). The summed E-state index contributed by atoms with van der Waals surface area (Å²) in [6.45, 7) is -1.39. The fourth-order valence-electron chi connectivity index (χ4n) is 2.48. The Labute approximate surface area is 131 Å². The minimum atomic E-state index is -4.46. The van der Waals surface area contributed by atoms with Gasteiger partial charge in [0.1, 0.15) is 6.54 Å². The van der Waals surface area contributed by atoms with Crippen molar-refractivity contribution in [3.63, 3.8) is 0 Å². The van der Waals surface area contributed by atoms with E-state index in [1.54, 1.807) is 5.32 Å². The summed E-state index contributed by atoms with van der Waals surface area (Å²) in [7, 11) is 0. The van der Waals surface area contributed by atoms with E-state index in [0.717, 1.165) is 12.8 Å². The van der Waals surface area contributed by atoms with Crippen molar-refractivity contribution in [2.45, 2.75) is 37.4 Å². The van der Waals surface area contributed by atoms with Crippen LogP contribution in [-0.4, -0.2) is 30.1 Å². The van der Waals surface area contributed by atoms with Crippen LogP contribution in [0.15, 0.2) is 24.3 Å². The van der Waals surface area contributed by atoms with Crippen molar-refractivity contribution in [3.05, 3.63) is 29.8 Å². The lowest BCUT2D eigenvalue weighted by molar-refractivity contribution is -0.123. The van der Waals surface area contributed by atoms with Gasteiger partial charge in [-0.25, -0.2) is 0 Å². The largest absolute Gasteiger partial charge is 0.405 e. The lowest BCUT2D eigenvalue weighted by atomic mass is 9.98. The van der Waals surface area contributed by atoms with Crippen LogP contribution in [0.25, 0.3) is 0 Å². The third-order valence-corrected chi connectivity index (χ3v) is 3.80. The van der Waals surface area contributed by atoms with E-state index in [-0.39, 0.29) is 11.5 Å². The number of alkyl halides is 3. The van der Waals surface area contributed by atoms with Crippen LogP contribution in [0.2, 0.25) is 0 Å². The first-order valence-corrected chi connectivity index (χ1v) is 7.25. The fourth-order valence-corrected chi connectivity index (χ4v) is 2.48. The molecule has 0 atom stereocenters. The van der Waals surface area contributed by atoms with E-state index in [1.807, 2.05) is 0 Å². The number of carbonyl (C=O) groups excluding carboxylic acids is 2. The van der Waals surface area contributed by atoms with E-state index < -0.39 is 24.2 Å². The first-order valence-electron chi connectivity index (χ1n) is 7.25. The Bertz CT molecular complexity index is 579. The first kappa shape index (κ1) is 17.3. The second kappa shape index (κ2) is 6.57. The normalized spacial score (nSPS) is 16.9. The average molecular weight is 329 g/mol. The second-order valence-electron chi connectivity index (χ2n) is 5.69. The summed E-state index contributed by atoms with van der Waals surface area (Å²) in [6.07, 6.45) is -1.40. The highest BCUT2D eigenvalue weighted by Gasteiger charge is 2.37. The third kappa shape index (κ3) is 4.69. The van der Waals surface area contributed by atoms with Gasteiger partial charge in [0, 0.05) is 11.3 Å². The van der Waals surface area contributed by atoms with Gasteiger partial charge in [-0.1, -0.05) is 12.8 Å². The molecule has 4 N–H and O–H groups in total. The summed E-state index contributed by atoms with van der Waals surface area (Å²) in [4.78, 5) is 23.7. The number of hydrogen-bond donors (Lipinski definition) is 3. The lowest BCUT2D eigenvalue weighted by Gasteiger charge is -2.22. The van der Waals surface area contributed by atoms with Crippen molar-refractivity contribution in [2.24, 2.45) is 5.73 Å². The molecular formula is C15H18F3N3O2. The van der Waals surface area contributed by atoms with Crippen LogP contribution in [0, 0.1) is 0 Å². The molecule has 0 saturated heterocycles. The molecule has 1 aromatic carbocycles. The molecule has 1 aliphatic rings. The van der Waals surface area contributed by atoms with Crippen LogP contribution >= 0.6 is 0 Å². The SMILES string of the molecule is NC1(C(=O)Nc2ccc(C(=O)NCC(F)(F)F)cc2)CCCC1. The zero-order valence-electron chi connectivity index (χ0n) is 12.4. The Morgan fingerprint density at radius 3 is 2.22 bits per heavy atom. The highest BCUT2D eigenvalue weighted by atomic mass is 19.4. The topological polar surface area (TPSA) is 84.2 Å². The number of hydrogen-bond acceptors (Lipinski definition) is 3. The number of nitrogens with two attached hydrogens (primary N) is 1. The van der Waals surface area contributed by atoms with Gasteiger partial charge in [-0.2, -0.15) is 13.2 Å². The molecule has 2 rings (SSSR count). The van der Waals surface area contributed by atoms with Crippen molar-refractivity contribution in [2.75, 3.05) is 11.9 Å². The Hall–Kier alpha value is -2.09. The lowest BCUT2D eigenvalue weighted by Crippen LogP contribution is -2.48. The van der Waals surface area contributed by atoms with Gasteiger partial charge in [0.25, 0.3) is 5.91 Å². The van der Waals surface area contributed by atoms with Gasteiger partial charge in [-0.15, -0.1) is 0 Å². The molecule has 1 aliphatic carbocycles. The Kier molecular flexibility index (Phi) is 4.93. The molecular weight excluding hydrogens is 311 g/mol. The van der Waals surface area contributed by atoms with E-state index in [2.05, 4.69) is 5.32 Å². The molecule has 0 radical (unpaired) electrons. The minimum Gasteiger partial charge on any atom is -0.343 e. The maximum absolute atomic E-state index is 12.1. The van der Waals surface area contributed by atoms with Crippen molar-refractivity contribution in [3.8, 4) is 0 Å². The van der Waals surface area contributed by atoms with Crippen molar-refractivity contribution < 1.29 is 22.8 Å². The number of carbonyl (C=O) groups is 2. The fraction of sp³-hybridized carbons (Fsp3) is 0.467. The van der Waals surface area contributed by atoms with Crippen LogP contribution < -0.4 is 16.4 Å². The van der Waals surface area contributed by atoms with Gasteiger partial charge in [0.05, 0.1) is 5.54 Å². The molecule has 0 spiro atoms. The van der Waals surface area contributed by atoms with Gasteiger partial charge in [0.15, 0.2) is 0 Å². The summed E-state index contributed by atoms with van der Waals surface area (Å²) in [5.41, 5.74) is 5.68. The highest BCUT2D eigenvalue weighted by molar-refractivity contribution is 5.99. The average Bonchev–Trinajstić information content (AvgIpc) is 2.93. The van der Waals surface area contributed by atoms with E-state index >= 15 is 0 Å². The number of anilines is 1. The van der Waals surface area contributed by atoms with E-state index in [0.29, 0.717) is 18.5 Å². The van der Waals surface area contributed by atoms with Gasteiger partial charge >= 0.3 is 6.18 Å². The van der Waals surface area contributed by atoms with Crippen LogP contribution in [0.4, 0.5) is 18.9 Å². The summed E-state index contributed by atoms with van der Waals surface area (Å²) < 4.78 is 36.1. The summed E-state index contributed by atoms with van der Waals surface area (Å²) in [6, 6.07) is 5.61. The molecule has 1 aromatic rings. The quantitative estimate of drug-likeness (QED) is 0.792. The smallest absolute Gasteiger partial charge is 0.343 e. The molecule has 0 unspecified atom stereocenters. The maximum atomic E-state index is 12.1. The highest BCUT2D eigenvalue weighted by Crippen LogP contribution is 2.28. The van der Waals surface area contributed by atoms with Crippen LogP contribution in [0.1, 0.15) is 36.0 Å². The second-order valence-corrected chi connectivity index (χ2v) is 5.69. The molecule has 0 aromatic heterocycles. The Morgan fingerprint density at radius 1 is 1.13 bits per heavy atom. The molecule has 0 bridgehead atoms. The third-order valence-electron chi connectivity index (χ3n) is 3.80. The molecule has 126 valence electrons. The molecule has 23 heavy (non-hydrogen) atoms. The molecule has 5 nitrogen and oxygen atoms in total. The monoisotopic (exact) mass is 329 g/mol. The summed E-state index contributed by atoms with van der Waals surface area (Å²) in [5.74, 6) is -1.12. The summed E-state index contributed by atoms with van der Waals surface area (Å²) >= 11 is 0. The van der Waals surface area contributed by atoms with Crippen molar-refractivity contribution in [1.82, 2.24) is 5.32 Å². The Morgan fingerprint density at radius 2 is 1.70 bits per heavy atom. The number of amides is 2. The van der Waals surface area contributed by atoms with Gasteiger partial charge in [-0.3, -0.25) is 9.59 Å². The number of benzene rings is 1. The summed E-state index contributed by atoms with van der Waals surface area (Å²) in [5, 5.41) is 4.45. The van der Waals surface area contributed by atoms with Gasteiger partial charge < -0.3 is 16.4 Å².